The lowest BCUT2D eigenvalue weighted by atomic mass is 10.0. The van der Waals surface area contributed by atoms with Crippen LogP contribution < -0.4 is 27.4 Å². The highest BCUT2D eigenvalue weighted by Crippen LogP contribution is 2.12. The van der Waals surface area contributed by atoms with Crippen LogP contribution in [0.2, 0.25) is 0 Å². The van der Waals surface area contributed by atoms with Crippen molar-refractivity contribution in [2.75, 3.05) is 0 Å². The molecule has 0 aliphatic rings. The number of aliphatic carboxylic acids is 2. The van der Waals surface area contributed by atoms with Crippen molar-refractivity contribution in [1.29, 1.82) is 0 Å². The molecule has 0 spiro atoms. The van der Waals surface area contributed by atoms with Crippen molar-refractivity contribution < 1.29 is 49.2 Å². The Hall–Kier alpha value is -4.24. The number of carboxylic acid groups (broad SMARTS) is 2. The van der Waals surface area contributed by atoms with Crippen LogP contribution in [0.3, 0.4) is 0 Å². The molecule has 5 unspecified atom stereocenters. The Bertz CT molecular complexity index is 998. The molecule has 0 fully saturated rings. The fraction of sp³-hybridized carbons (Fsp3) is 0.455. The van der Waals surface area contributed by atoms with E-state index in [0.29, 0.717) is 5.56 Å². The quantitative estimate of drug-likeness (QED) is 0.111. The number of carbonyl (C=O) groups excluding carboxylic acids is 4. The van der Waals surface area contributed by atoms with Crippen molar-refractivity contribution >= 4 is 35.6 Å². The van der Waals surface area contributed by atoms with E-state index < -0.39 is 72.3 Å². The Morgan fingerprint density at radius 1 is 0.892 bits per heavy atom. The highest BCUT2D eigenvalue weighted by molar-refractivity contribution is 5.95. The summed E-state index contributed by atoms with van der Waals surface area (Å²) in [7, 11) is 0. The van der Waals surface area contributed by atoms with Gasteiger partial charge in [0.25, 0.3) is 0 Å². The molecular weight excluding hydrogens is 494 g/mol. The molecule has 11 N–H and O–H groups in total. The molecule has 204 valence electrons. The number of nitrogens with one attached hydrogen (secondary N) is 3. The Morgan fingerprint density at radius 3 is 1.92 bits per heavy atom. The molecule has 1 aromatic rings. The fourth-order valence-electron chi connectivity index (χ4n) is 3.08. The first-order valence-corrected chi connectivity index (χ1v) is 11.1. The number of rotatable bonds is 15. The zero-order chi connectivity index (χ0) is 28.3. The summed E-state index contributed by atoms with van der Waals surface area (Å²) >= 11 is 0. The summed E-state index contributed by atoms with van der Waals surface area (Å²) in [5.41, 5.74) is 11.3. The van der Waals surface area contributed by atoms with Crippen LogP contribution in [0.4, 0.5) is 0 Å². The minimum absolute atomic E-state index is 0.0634. The van der Waals surface area contributed by atoms with Crippen LogP contribution in [0.25, 0.3) is 0 Å². The maximum atomic E-state index is 13.1. The number of nitrogens with two attached hydrogens (primary N) is 2. The summed E-state index contributed by atoms with van der Waals surface area (Å²) in [4.78, 5) is 71.7. The van der Waals surface area contributed by atoms with E-state index in [4.69, 9.17) is 16.6 Å². The molecule has 0 bridgehead atoms. The van der Waals surface area contributed by atoms with Crippen LogP contribution in [0.15, 0.2) is 24.3 Å². The third-order valence-electron chi connectivity index (χ3n) is 5.11. The number of amides is 4. The molecule has 0 heterocycles. The van der Waals surface area contributed by atoms with Crippen molar-refractivity contribution in [2.24, 2.45) is 11.5 Å². The molecule has 0 aliphatic heterocycles. The maximum Gasteiger partial charge on any atom is 0.328 e. The molecular formula is C22H31N5O10. The van der Waals surface area contributed by atoms with Gasteiger partial charge in [0, 0.05) is 12.8 Å². The summed E-state index contributed by atoms with van der Waals surface area (Å²) in [6.45, 7) is 1.09. The molecule has 0 aliphatic carbocycles. The monoisotopic (exact) mass is 525 g/mol. The van der Waals surface area contributed by atoms with Gasteiger partial charge < -0.3 is 47.8 Å². The van der Waals surface area contributed by atoms with E-state index in [2.05, 4.69) is 10.6 Å². The van der Waals surface area contributed by atoms with Crippen molar-refractivity contribution in [2.45, 2.75) is 62.9 Å². The third kappa shape index (κ3) is 10.9. The number of benzene rings is 1. The van der Waals surface area contributed by atoms with E-state index in [9.17, 15) is 44.1 Å². The molecule has 1 aromatic carbocycles. The summed E-state index contributed by atoms with van der Waals surface area (Å²) in [5.74, 6) is -6.89. The first-order chi connectivity index (χ1) is 17.2. The Labute approximate surface area is 211 Å². The van der Waals surface area contributed by atoms with Gasteiger partial charge in [-0.3, -0.25) is 24.0 Å². The Morgan fingerprint density at radius 2 is 1.43 bits per heavy atom. The maximum absolute atomic E-state index is 13.1. The number of aliphatic hydroxyl groups is 1. The number of hydrogen-bond acceptors (Lipinski definition) is 9. The number of carboxylic acids is 2. The second-order valence-corrected chi connectivity index (χ2v) is 8.27. The van der Waals surface area contributed by atoms with Gasteiger partial charge in [-0.15, -0.1) is 0 Å². The number of phenols is 1. The molecule has 15 heteroatoms. The molecule has 0 aromatic heterocycles. The third-order valence-corrected chi connectivity index (χ3v) is 5.11. The minimum atomic E-state index is -1.78. The van der Waals surface area contributed by atoms with E-state index in [0.717, 1.165) is 6.92 Å². The lowest BCUT2D eigenvalue weighted by Crippen LogP contribution is -2.59. The van der Waals surface area contributed by atoms with Crippen molar-refractivity contribution in [3.63, 3.8) is 0 Å². The zero-order valence-corrected chi connectivity index (χ0v) is 19.9. The largest absolute Gasteiger partial charge is 0.508 e. The smallest absolute Gasteiger partial charge is 0.328 e. The van der Waals surface area contributed by atoms with E-state index in [1.54, 1.807) is 0 Å². The molecule has 0 radical (unpaired) electrons. The Kier molecular flexibility index (Phi) is 11.9. The average molecular weight is 526 g/mol. The van der Waals surface area contributed by atoms with Gasteiger partial charge in [-0.05, 0) is 31.0 Å². The van der Waals surface area contributed by atoms with Crippen LogP contribution in [-0.2, 0) is 35.2 Å². The van der Waals surface area contributed by atoms with E-state index >= 15 is 0 Å². The first-order valence-electron chi connectivity index (χ1n) is 11.1. The highest BCUT2D eigenvalue weighted by Gasteiger charge is 2.33. The van der Waals surface area contributed by atoms with Gasteiger partial charge >= 0.3 is 11.9 Å². The SMILES string of the molecule is CC(O)C(NC(=O)C(CC(=O)O)NC(=O)C(Cc1ccc(O)cc1)NC(=O)C(N)CCC(N)=O)C(=O)O. The predicted octanol–water partition coefficient (Wildman–Crippen LogP) is -3.08. The molecule has 4 amide bonds. The van der Waals surface area contributed by atoms with Gasteiger partial charge in [0.2, 0.25) is 23.6 Å². The van der Waals surface area contributed by atoms with Crippen molar-refractivity contribution in [3.05, 3.63) is 29.8 Å². The van der Waals surface area contributed by atoms with Gasteiger partial charge in [0.1, 0.15) is 17.8 Å². The van der Waals surface area contributed by atoms with Crippen LogP contribution in [-0.4, -0.2) is 86.3 Å². The number of carbonyl (C=O) groups is 6. The number of phenolic OH excluding ortho intramolecular Hbond substituents is 1. The molecule has 0 saturated carbocycles. The van der Waals surface area contributed by atoms with E-state index in [1.165, 1.54) is 24.3 Å². The number of aliphatic hydroxyl groups excluding tert-OH is 1. The van der Waals surface area contributed by atoms with Gasteiger partial charge in [0.15, 0.2) is 6.04 Å². The van der Waals surface area contributed by atoms with Crippen LogP contribution in [0, 0.1) is 0 Å². The normalized spacial score (nSPS) is 14.8. The molecule has 37 heavy (non-hydrogen) atoms. The number of aromatic hydroxyl groups is 1. The lowest BCUT2D eigenvalue weighted by Gasteiger charge is -2.25. The molecule has 15 nitrogen and oxygen atoms in total. The van der Waals surface area contributed by atoms with Crippen LogP contribution in [0.1, 0.15) is 31.7 Å². The standard InChI is InChI=1S/C22H31N5O10/c1-10(28)18(22(36)37)27-21(35)15(9-17(31)32)26-20(34)14(8-11-2-4-12(29)5-3-11)25-19(33)13(23)6-7-16(24)30/h2-5,10,13-15,18,28-29H,6-9,23H2,1H3,(H2,24,30)(H,25,33)(H,26,34)(H,27,35)(H,31,32)(H,36,37). The summed E-state index contributed by atoms with van der Waals surface area (Å²) in [6, 6.07) is -0.603. The number of hydrogen-bond donors (Lipinski definition) is 9. The molecule has 5 atom stereocenters. The predicted molar refractivity (Wildman–Crippen MR) is 126 cm³/mol. The minimum Gasteiger partial charge on any atom is -0.508 e. The van der Waals surface area contributed by atoms with Crippen molar-refractivity contribution in [3.8, 4) is 5.75 Å². The van der Waals surface area contributed by atoms with E-state index in [1.807, 2.05) is 5.32 Å². The first kappa shape index (κ1) is 30.8. The second kappa shape index (κ2) is 14.4. The highest BCUT2D eigenvalue weighted by atomic mass is 16.4. The number of primary amides is 1. The average Bonchev–Trinajstić information content (AvgIpc) is 2.80. The van der Waals surface area contributed by atoms with Crippen molar-refractivity contribution in [1.82, 2.24) is 16.0 Å². The van der Waals surface area contributed by atoms with Gasteiger partial charge in [-0.1, -0.05) is 12.1 Å². The van der Waals surface area contributed by atoms with E-state index in [-0.39, 0.29) is 25.0 Å². The summed E-state index contributed by atoms with van der Waals surface area (Å²) in [5, 5.41) is 43.9. The second-order valence-electron chi connectivity index (χ2n) is 8.27. The van der Waals surface area contributed by atoms with Gasteiger partial charge in [-0.25, -0.2) is 4.79 Å². The van der Waals surface area contributed by atoms with Crippen LogP contribution >= 0.6 is 0 Å². The molecule has 0 saturated heterocycles. The topological polar surface area (TPSA) is 271 Å². The van der Waals surface area contributed by atoms with Gasteiger partial charge in [0.05, 0.1) is 18.6 Å². The zero-order valence-electron chi connectivity index (χ0n) is 19.9. The van der Waals surface area contributed by atoms with Gasteiger partial charge in [-0.2, -0.15) is 0 Å². The Balaban J connectivity index is 3.14. The fourth-order valence-corrected chi connectivity index (χ4v) is 3.08. The van der Waals surface area contributed by atoms with Crippen LogP contribution in [0.5, 0.6) is 5.75 Å². The summed E-state index contributed by atoms with van der Waals surface area (Å²) < 4.78 is 0. The molecule has 1 rings (SSSR count). The lowest BCUT2D eigenvalue weighted by molar-refractivity contribution is -0.146. The summed E-state index contributed by atoms with van der Waals surface area (Å²) in [6.07, 6.45) is -2.96.